The van der Waals surface area contributed by atoms with Crippen molar-refractivity contribution >= 4 is 37.5 Å². The highest BCUT2D eigenvalue weighted by Crippen LogP contribution is 2.33. The molecule has 1 N–H and O–H groups in total. The van der Waals surface area contributed by atoms with Crippen LogP contribution in [0.25, 0.3) is 0 Å². The molecule has 144 valence electrons. The van der Waals surface area contributed by atoms with E-state index >= 15 is 0 Å². The van der Waals surface area contributed by atoms with Crippen molar-refractivity contribution < 1.29 is 13.2 Å². The molecule has 0 saturated carbocycles. The molecule has 0 bridgehead atoms. The minimum atomic E-state index is -3.62. The molecule has 0 radical (unpaired) electrons. The van der Waals surface area contributed by atoms with Crippen molar-refractivity contribution in [3.05, 3.63) is 58.1 Å². The van der Waals surface area contributed by atoms with Gasteiger partial charge in [-0.05, 0) is 67.8 Å². The zero-order chi connectivity index (χ0) is 19.6. The van der Waals surface area contributed by atoms with Crippen molar-refractivity contribution in [2.75, 3.05) is 10.8 Å². The third kappa shape index (κ3) is 4.19. The molecule has 0 unspecified atom stereocenters. The fourth-order valence-electron chi connectivity index (χ4n) is 3.31. The Morgan fingerprint density at radius 3 is 2.59 bits per heavy atom. The molecule has 27 heavy (non-hydrogen) atoms. The highest BCUT2D eigenvalue weighted by atomic mass is 79.9. The summed E-state index contributed by atoms with van der Waals surface area (Å²) in [4.78, 5) is 12.7. The van der Waals surface area contributed by atoms with Crippen molar-refractivity contribution in [1.29, 1.82) is 0 Å². The van der Waals surface area contributed by atoms with Gasteiger partial charge in [0.2, 0.25) is 0 Å². The fraction of sp³-hybridized carbons (Fsp3) is 0.350. The first-order valence-electron chi connectivity index (χ1n) is 9.05. The van der Waals surface area contributed by atoms with Gasteiger partial charge in [-0.15, -0.1) is 0 Å². The van der Waals surface area contributed by atoms with Crippen LogP contribution in [-0.4, -0.2) is 26.9 Å². The molecule has 1 aliphatic rings. The lowest BCUT2D eigenvalue weighted by molar-refractivity contribution is 0.0938. The topological polar surface area (TPSA) is 66.5 Å². The summed E-state index contributed by atoms with van der Waals surface area (Å²) in [5, 5.41) is 2.99. The van der Waals surface area contributed by atoms with Gasteiger partial charge in [-0.2, -0.15) is 0 Å². The van der Waals surface area contributed by atoms with E-state index in [1.165, 1.54) is 4.31 Å². The monoisotopic (exact) mass is 450 g/mol. The van der Waals surface area contributed by atoms with Crippen LogP contribution in [0.5, 0.6) is 0 Å². The van der Waals surface area contributed by atoms with Gasteiger partial charge >= 0.3 is 0 Å². The maximum atomic E-state index is 13.0. The number of fused-ring (bicyclic) bond motifs is 1. The van der Waals surface area contributed by atoms with E-state index in [1.807, 2.05) is 6.92 Å². The van der Waals surface area contributed by atoms with Gasteiger partial charge in [0.05, 0.1) is 10.6 Å². The number of sulfonamides is 1. The summed E-state index contributed by atoms with van der Waals surface area (Å²) >= 11 is 3.32. The van der Waals surface area contributed by atoms with E-state index in [0.29, 0.717) is 24.2 Å². The molecule has 2 aromatic rings. The Morgan fingerprint density at radius 1 is 1.22 bits per heavy atom. The smallest absolute Gasteiger partial charge is 0.264 e. The van der Waals surface area contributed by atoms with Crippen LogP contribution in [0.3, 0.4) is 0 Å². The molecule has 1 atom stereocenters. The number of anilines is 1. The Balaban J connectivity index is 1.84. The first kappa shape index (κ1) is 19.9. The Labute approximate surface area is 169 Å². The van der Waals surface area contributed by atoms with Gasteiger partial charge in [-0.1, -0.05) is 29.3 Å². The van der Waals surface area contributed by atoms with E-state index in [4.69, 9.17) is 0 Å². The Kier molecular flexibility index (Phi) is 5.91. The molecule has 1 amide bonds. The minimum absolute atomic E-state index is 0.116. The lowest BCUT2D eigenvalue weighted by Gasteiger charge is -2.20. The van der Waals surface area contributed by atoms with Crippen molar-refractivity contribution in [1.82, 2.24) is 5.32 Å². The van der Waals surface area contributed by atoms with Gasteiger partial charge < -0.3 is 5.32 Å². The largest absolute Gasteiger partial charge is 0.350 e. The number of rotatable bonds is 6. The average molecular weight is 451 g/mol. The van der Waals surface area contributed by atoms with Gasteiger partial charge in [0, 0.05) is 22.6 Å². The molecule has 5 nitrogen and oxygen atoms in total. The SMILES string of the molecule is CCC[C@@H](C)NC(=O)c1ccc2c(c1)CCN2S(=O)(=O)c1ccc(Br)cc1. The third-order valence-corrected chi connectivity index (χ3v) is 7.05. The summed E-state index contributed by atoms with van der Waals surface area (Å²) in [6, 6.07) is 12.0. The van der Waals surface area contributed by atoms with E-state index in [-0.39, 0.29) is 16.8 Å². The fourth-order valence-corrected chi connectivity index (χ4v) is 5.08. The number of hydrogen-bond acceptors (Lipinski definition) is 3. The van der Waals surface area contributed by atoms with Crippen molar-refractivity contribution in [3.8, 4) is 0 Å². The van der Waals surface area contributed by atoms with Gasteiger partial charge in [0.15, 0.2) is 0 Å². The van der Waals surface area contributed by atoms with Crippen LogP contribution in [0.1, 0.15) is 42.6 Å². The quantitative estimate of drug-likeness (QED) is 0.719. The van der Waals surface area contributed by atoms with Crippen molar-refractivity contribution in [3.63, 3.8) is 0 Å². The third-order valence-electron chi connectivity index (χ3n) is 4.70. The summed E-state index contributed by atoms with van der Waals surface area (Å²) in [6.07, 6.45) is 2.53. The summed E-state index contributed by atoms with van der Waals surface area (Å²) in [7, 11) is -3.62. The van der Waals surface area contributed by atoms with Crippen LogP contribution < -0.4 is 9.62 Å². The summed E-state index contributed by atoms with van der Waals surface area (Å²) in [5.41, 5.74) is 2.10. The number of amides is 1. The summed E-state index contributed by atoms with van der Waals surface area (Å²) in [5.74, 6) is -0.118. The number of halogens is 1. The Bertz CT molecular complexity index is 942. The van der Waals surface area contributed by atoms with Gasteiger partial charge in [-0.25, -0.2) is 8.42 Å². The first-order valence-corrected chi connectivity index (χ1v) is 11.3. The number of carbonyl (C=O) groups excluding carboxylic acids is 1. The lowest BCUT2D eigenvalue weighted by atomic mass is 10.1. The standard InChI is InChI=1S/C20H23BrN2O3S/c1-3-4-14(2)22-20(24)16-5-10-19-15(13-16)11-12-23(19)27(25,26)18-8-6-17(21)7-9-18/h5-10,13-14H,3-4,11-12H2,1-2H3,(H,22,24)/t14-/m1/s1. The molecule has 0 saturated heterocycles. The van der Waals surface area contributed by atoms with Crippen LogP contribution in [0.15, 0.2) is 51.8 Å². The van der Waals surface area contributed by atoms with Crippen LogP contribution >= 0.6 is 15.9 Å². The number of hydrogen-bond donors (Lipinski definition) is 1. The van der Waals surface area contributed by atoms with Gasteiger partial charge in [0.25, 0.3) is 15.9 Å². The summed E-state index contributed by atoms with van der Waals surface area (Å²) in [6.45, 7) is 4.45. The van der Waals surface area contributed by atoms with Crippen molar-refractivity contribution in [2.45, 2.75) is 44.0 Å². The maximum Gasteiger partial charge on any atom is 0.264 e. The second-order valence-electron chi connectivity index (χ2n) is 6.79. The second kappa shape index (κ2) is 8.02. The highest BCUT2D eigenvalue weighted by molar-refractivity contribution is 9.10. The number of nitrogens with zero attached hydrogens (tertiary/aromatic N) is 1. The van der Waals surface area contributed by atoms with E-state index in [1.54, 1.807) is 42.5 Å². The molecule has 2 aromatic carbocycles. The van der Waals surface area contributed by atoms with Crippen LogP contribution in [0.4, 0.5) is 5.69 Å². The molecule has 0 spiro atoms. The van der Waals surface area contributed by atoms with Crippen LogP contribution in [0, 0.1) is 0 Å². The normalized spacial score (nSPS) is 14.7. The summed E-state index contributed by atoms with van der Waals surface area (Å²) < 4.78 is 28.2. The van der Waals surface area contributed by atoms with Gasteiger partial charge in [-0.3, -0.25) is 9.10 Å². The van der Waals surface area contributed by atoms with Gasteiger partial charge in [0.1, 0.15) is 0 Å². The van der Waals surface area contributed by atoms with E-state index in [0.717, 1.165) is 22.9 Å². The molecule has 0 fully saturated rings. The predicted molar refractivity (Wildman–Crippen MR) is 111 cm³/mol. The molecule has 7 heteroatoms. The number of nitrogens with one attached hydrogen (secondary N) is 1. The highest BCUT2D eigenvalue weighted by Gasteiger charge is 2.31. The predicted octanol–water partition coefficient (Wildman–Crippen LogP) is 4.12. The van der Waals surface area contributed by atoms with E-state index < -0.39 is 10.0 Å². The molecule has 0 aromatic heterocycles. The zero-order valence-corrected chi connectivity index (χ0v) is 17.8. The minimum Gasteiger partial charge on any atom is -0.350 e. The molecule has 3 rings (SSSR count). The first-order chi connectivity index (χ1) is 12.8. The Morgan fingerprint density at radius 2 is 1.93 bits per heavy atom. The lowest BCUT2D eigenvalue weighted by Crippen LogP contribution is -2.32. The Hall–Kier alpha value is -1.86. The number of carbonyl (C=O) groups is 1. The molecular weight excluding hydrogens is 428 g/mol. The van der Waals surface area contributed by atoms with Crippen LogP contribution in [0.2, 0.25) is 0 Å². The van der Waals surface area contributed by atoms with E-state index in [9.17, 15) is 13.2 Å². The second-order valence-corrected chi connectivity index (χ2v) is 9.57. The maximum absolute atomic E-state index is 13.0. The molecule has 1 heterocycles. The zero-order valence-electron chi connectivity index (χ0n) is 15.4. The molecular formula is C20H23BrN2O3S. The van der Waals surface area contributed by atoms with Crippen molar-refractivity contribution in [2.24, 2.45) is 0 Å². The van der Waals surface area contributed by atoms with Crippen LogP contribution in [-0.2, 0) is 16.4 Å². The van der Waals surface area contributed by atoms with E-state index in [2.05, 4.69) is 28.2 Å². The molecule has 1 aliphatic heterocycles. The molecule has 0 aliphatic carbocycles. The average Bonchev–Trinajstić information content (AvgIpc) is 3.06. The number of benzene rings is 2.